The van der Waals surface area contributed by atoms with Gasteiger partial charge in [0.15, 0.2) is 0 Å². The molecule has 1 aromatic rings. The number of carbonyl (C=O) groups is 1. The van der Waals surface area contributed by atoms with Crippen molar-refractivity contribution >= 4 is 11.6 Å². The number of amides is 1. The van der Waals surface area contributed by atoms with Crippen LogP contribution in [-0.4, -0.2) is 5.91 Å². The number of anilines is 1. The number of benzene rings is 1. The van der Waals surface area contributed by atoms with E-state index < -0.39 is 0 Å². The Kier molecular flexibility index (Phi) is 2.53. The summed E-state index contributed by atoms with van der Waals surface area (Å²) in [4.78, 5) is 11.4. The third-order valence-corrected chi connectivity index (χ3v) is 3.25. The van der Waals surface area contributed by atoms with Gasteiger partial charge in [-0.3, -0.25) is 4.79 Å². The van der Waals surface area contributed by atoms with Gasteiger partial charge in [0.2, 0.25) is 5.91 Å². The van der Waals surface area contributed by atoms with Crippen LogP contribution in [0.25, 0.3) is 0 Å². The molecule has 0 saturated carbocycles. The Morgan fingerprint density at radius 3 is 2.50 bits per heavy atom. The monoisotopic (exact) mass is 217 g/mol. The number of fused-ring (bicyclic) bond motifs is 1. The van der Waals surface area contributed by atoms with Gasteiger partial charge in [-0.1, -0.05) is 32.9 Å². The Morgan fingerprint density at radius 1 is 1.19 bits per heavy atom. The zero-order chi connectivity index (χ0) is 11.9. The molecule has 0 aromatic heterocycles. The quantitative estimate of drug-likeness (QED) is 0.710. The third kappa shape index (κ3) is 1.84. The van der Waals surface area contributed by atoms with Gasteiger partial charge in [0, 0.05) is 12.1 Å². The number of hydrogen-bond acceptors (Lipinski definition) is 1. The Morgan fingerprint density at radius 2 is 1.88 bits per heavy atom. The van der Waals surface area contributed by atoms with Gasteiger partial charge in [-0.25, -0.2) is 0 Å². The first-order valence-electron chi connectivity index (χ1n) is 5.82. The predicted octanol–water partition coefficient (Wildman–Crippen LogP) is 3.18. The Balaban J connectivity index is 2.55. The van der Waals surface area contributed by atoms with Gasteiger partial charge in [-0.15, -0.1) is 0 Å². The summed E-state index contributed by atoms with van der Waals surface area (Å²) in [6, 6.07) is 4.36. The summed E-state index contributed by atoms with van der Waals surface area (Å²) in [5.41, 5.74) is 4.97. The van der Waals surface area contributed by atoms with Gasteiger partial charge in [0.05, 0.1) is 0 Å². The van der Waals surface area contributed by atoms with Crippen molar-refractivity contribution in [2.75, 3.05) is 5.32 Å². The van der Waals surface area contributed by atoms with Crippen LogP contribution in [0.3, 0.4) is 0 Å². The molecule has 0 saturated heterocycles. The molecule has 0 radical (unpaired) electrons. The average molecular weight is 217 g/mol. The molecule has 0 fully saturated rings. The van der Waals surface area contributed by atoms with E-state index in [0.29, 0.717) is 6.42 Å². The van der Waals surface area contributed by atoms with E-state index in [1.165, 1.54) is 16.7 Å². The molecule has 1 amide bonds. The number of nitrogens with one attached hydrogen (secondary N) is 1. The predicted molar refractivity (Wildman–Crippen MR) is 66.8 cm³/mol. The number of carbonyl (C=O) groups excluding carboxylic acids is 1. The molecular formula is C14H19NO. The van der Waals surface area contributed by atoms with Crippen molar-refractivity contribution in [1.82, 2.24) is 0 Å². The van der Waals surface area contributed by atoms with Crippen molar-refractivity contribution < 1.29 is 4.79 Å². The highest BCUT2D eigenvalue weighted by molar-refractivity contribution is 5.95. The molecule has 2 heteroatoms. The second kappa shape index (κ2) is 3.62. The van der Waals surface area contributed by atoms with E-state index >= 15 is 0 Å². The highest BCUT2D eigenvalue weighted by Crippen LogP contribution is 2.34. The van der Waals surface area contributed by atoms with Crippen LogP contribution in [0, 0.1) is 6.92 Å². The molecule has 1 N–H and O–H groups in total. The van der Waals surface area contributed by atoms with E-state index in [4.69, 9.17) is 0 Å². The zero-order valence-corrected chi connectivity index (χ0v) is 10.5. The van der Waals surface area contributed by atoms with Crippen molar-refractivity contribution in [3.8, 4) is 0 Å². The summed E-state index contributed by atoms with van der Waals surface area (Å²) in [5, 5.41) is 3.00. The van der Waals surface area contributed by atoms with Crippen molar-refractivity contribution in [2.24, 2.45) is 0 Å². The number of hydrogen-bond donors (Lipinski definition) is 1. The van der Waals surface area contributed by atoms with Crippen LogP contribution in [0.15, 0.2) is 12.1 Å². The maximum atomic E-state index is 11.4. The summed E-state index contributed by atoms with van der Waals surface area (Å²) in [5.74, 6) is 0.140. The van der Waals surface area contributed by atoms with Crippen LogP contribution in [0.1, 0.15) is 43.9 Å². The van der Waals surface area contributed by atoms with Crippen LogP contribution in [-0.2, 0) is 16.6 Å². The first kappa shape index (κ1) is 11.2. The maximum Gasteiger partial charge on any atom is 0.224 e. The van der Waals surface area contributed by atoms with Crippen molar-refractivity contribution in [3.05, 3.63) is 28.8 Å². The summed E-state index contributed by atoms with van der Waals surface area (Å²) in [6.07, 6.45) is 1.48. The smallest absolute Gasteiger partial charge is 0.224 e. The normalized spacial score (nSPS) is 15.6. The fourth-order valence-electron chi connectivity index (χ4n) is 2.41. The van der Waals surface area contributed by atoms with Crippen LogP contribution in [0.5, 0.6) is 0 Å². The molecule has 86 valence electrons. The Bertz CT molecular complexity index is 441. The van der Waals surface area contributed by atoms with E-state index in [1.807, 2.05) is 0 Å². The van der Waals surface area contributed by atoms with Crippen LogP contribution in [0.4, 0.5) is 5.69 Å². The molecule has 2 nitrogen and oxygen atoms in total. The zero-order valence-electron chi connectivity index (χ0n) is 10.5. The van der Waals surface area contributed by atoms with Gasteiger partial charge >= 0.3 is 0 Å². The number of rotatable bonds is 0. The lowest BCUT2D eigenvalue weighted by atomic mass is 9.82. The molecule has 0 spiro atoms. The SMILES string of the molecule is Cc1c(C(C)(C)C)ccc2c1NC(=O)CC2. The summed E-state index contributed by atoms with van der Waals surface area (Å²) in [6.45, 7) is 8.70. The van der Waals surface area contributed by atoms with Gasteiger partial charge in [-0.05, 0) is 35.4 Å². The van der Waals surface area contributed by atoms with Gasteiger partial charge < -0.3 is 5.32 Å². The van der Waals surface area contributed by atoms with Crippen molar-refractivity contribution in [1.29, 1.82) is 0 Å². The summed E-state index contributed by atoms with van der Waals surface area (Å²) < 4.78 is 0. The molecular weight excluding hydrogens is 198 g/mol. The highest BCUT2D eigenvalue weighted by Gasteiger charge is 2.22. The fraction of sp³-hybridized carbons (Fsp3) is 0.500. The molecule has 0 atom stereocenters. The second-order valence-electron chi connectivity index (χ2n) is 5.57. The number of aryl methyl sites for hydroxylation is 1. The minimum Gasteiger partial charge on any atom is -0.326 e. The van der Waals surface area contributed by atoms with E-state index in [1.54, 1.807) is 0 Å². The van der Waals surface area contributed by atoms with E-state index in [-0.39, 0.29) is 11.3 Å². The molecule has 0 bridgehead atoms. The van der Waals surface area contributed by atoms with E-state index in [9.17, 15) is 4.79 Å². The Labute approximate surface area is 97.1 Å². The highest BCUT2D eigenvalue weighted by atomic mass is 16.1. The lowest BCUT2D eigenvalue weighted by Gasteiger charge is -2.27. The largest absolute Gasteiger partial charge is 0.326 e. The van der Waals surface area contributed by atoms with Gasteiger partial charge in [0.25, 0.3) is 0 Å². The maximum absolute atomic E-state index is 11.4. The van der Waals surface area contributed by atoms with E-state index in [0.717, 1.165) is 12.1 Å². The van der Waals surface area contributed by atoms with Crippen LogP contribution < -0.4 is 5.32 Å². The average Bonchev–Trinajstić information content (AvgIpc) is 2.17. The molecule has 0 aliphatic carbocycles. The second-order valence-corrected chi connectivity index (χ2v) is 5.57. The molecule has 2 rings (SSSR count). The minimum absolute atomic E-state index is 0.126. The third-order valence-electron chi connectivity index (χ3n) is 3.25. The molecule has 16 heavy (non-hydrogen) atoms. The minimum atomic E-state index is 0.126. The first-order chi connectivity index (χ1) is 7.39. The lowest BCUT2D eigenvalue weighted by molar-refractivity contribution is -0.116. The summed E-state index contributed by atoms with van der Waals surface area (Å²) in [7, 11) is 0. The van der Waals surface area contributed by atoms with Gasteiger partial charge in [-0.2, -0.15) is 0 Å². The van der Waals surface area contributed by atoms with Crippen molar-refractivity contribution in [2.45, 2.75) is 46.0 Å². The molecule has 1 aliphatic rings. The molecule has 1 aliphatic heterocycles. The Hall–Kier alpha value is -1.31. The van der Waals surface area contributed by atoms with Crippen molar-refractivity contribution in [3.63, 3.8) is 0 Å². The van der Waals surface area contributed by atoms with Gasteiger partial charge in [0.1, 0.15) is 0 Å². The lowest BCUT2D eigenvalue weighted by Crippen LogP contribution is -2.22. The molecule has 0 unspecified atom stereocenters. The van der Waals surface area contributed by atoms with Crippen LogP contribution in [0.2, 0.25) is 0 Å². The molecule has 1 aromatic carbocycles. The fourth-order valence-corrected chi connectivity index (χ4v) is 2.41. The topological polar surface area (TPSA) is 29.1 Å². The summed E-state index contributed by atoms with van der Waals surface area (Å²) >= 11 is 0. The first-order valence-corrected chi connectivity index (χ1v) is 5.82. The van der Waals surface area contributed by atoms with Crippen LogP contribution >= 0.6 is 0 Å². The molecule has 1 heterocycles. The standard InChI is InChI=1S/C14H19NO/c1-9-11(14(2,3)4)7-5-10-6-8-12(16)15-13(9)10/h5,7H,6,8H2,1-4H3,(H,15,16). The van der Waals surface area contributed by atoms with E-state index in [2.05, 4.69) is 45.1 Å².